The van der Waals surface area contributed by atoms with Gasteiger partial charge in [0, 0.05) is 36.9 Å². The molecule has 1 aliphatic rings. The molecule has 1 unspecified atom stereocenters. The van der Waals surface area contributed by atoms with E-state index < -0.39 is 0 Å². The van der Waals surface area contributed by atoms with Gasteiger partial charge >= 0.3 is 0 Å². The van der Waals surface area contributed by atoms with Crippen molar-refractivity contribution in [3.05, 3.63) is 83.8 Å². The highest BCUT2D eigenvalue weighted by atomic mass is 16.1. The van der Waals surface area contributed by atoms with Crippen LogP contribution in [0.15, 0.2) is 67.1 Å². The van der Waals surface area contributed by atoms with Crippen LogP contribution in [0.1, 0.15) is 28.4 Å². The summed E-state index contributed by atoms with van der Waals surface area (Å²) in [6, 6.07) is 16.0. The van der Waals surface area contributed by atoms with E-state index in [1.54, 1.807) is 24.7 Å². The zero-order valence-electron chi connectivity index (χ0n) is 14.6. The van der Waals surface area contributed by atoms with Crippen molar-refractivity contribution in [1.82, 2.24) is 15.3 Å². The quantitative estimate of drug-likeness (QED) is 0.787. The maximum atomic E-state index is 12.8. The second-order valence-electron chi connectivity index (χ2n) is 6.46. The number of nitrogens with zero attached hydrogens (tertiary/aromatic N) is 3. The molecule has 3 heterocycles. The number of amides is 1. The fourth-order valence-corrected chi connectivity index (χ4v) is 3.43. The second kappa shape index (κ2) is 6.96. The molecule has 0 bridgehead atoms. The molecule has 5 heteroatoms. The van der Waals surface area contributed by atoms with Gasteiger partial charge in [0.25, 0.3) is 5.91 Å². The molecular formula is C21H20N4O. The summed E-state index contributed by atoms with van der Waals surface area (Å²) in [5, 5.41) is 2.98. The molecule has 26 heavy (non-hydrogen) atoms. The fraction of sp³-hybridized carbons (Fsp3) is 0.190. The van der Waals surface area contributed by atoms with Gasteiger partial charge in [-0.15, -0.1) is 0 Å². The fourth-order valence-electron chi connectivity index (χ4n) is 3.43. The molecule has 5 nitrogen and oxygen atoms in total. The minimum absolute atomic E-state index is 0.124. The van der Waals surface area contributed by atoms with Crippen LogP contribution in [0.4, 0.5) is 11.5 Å². The number of fused-ring (bicyclic) bond motifs is 1. The third kappa shape index (κ3) is 3.04. The van der Waals surface area contributed by atoms with Gasteiger partial charge in [-0.25, -0.2) is 4.98 Å². The highest BCUT2D eigenvalue weighted by Gasteiger charge is 2.30. The molecule has 1 aromatic carbocycles. The number of benzene rings is 1. The zero-order valence-corrected chi connectivity index (χ0v) is 14.6. The van der Waals surface area contributed by atoms with Crippen LogP contribution in [0.3, 0.4) is 0 Å². The van der Waals surface area contributed by atoms with E-state index in [0.29, 0.717) is 17.9 Å². The third-order valence-corrected chi connectivity index (χ3v) is 4.67. The van der Waals surface area contributed by atoms with Gasteiger partial charge in [0.2, 0.25) is 0 Å². The second-order valence-corrected chi connectivity index (χ2v) is 6.46. The number of rotatable bonds is 4. The van der Waals surface area contributed by atoms with Crippen molar-refractivity contribution in [3.63, 3.8) is 0 Å². The average molecular weight is 344 g/mol. The molecule has 1 amide bonds. The number of anilines is 2. The Bertz CT molecular complexity index is 926. The Morgan fingerprint density at radius 2 is 1.92 bits per heavy atom. The third-order valence-electron chi connectivity index (χ3n) is 4.67. The van der Waals surface area contributed by atoms with E-state index in [0.717, 1.165) is 17.7 Å². The summed E-state index contributed by atoms with van der Waals surface area (Å²) in [6.07, 6.45) is 6.13. The van der Waals surface area contributed by atoms with Gasteiger partial charge in [0.15, 0.2) is 0 Å². The lowest BCUT2D eigenvalue weighted by molar-refractivity contribution is 0.0951. The number of carbonyl (C=O) groups is 1. The minimum Gasteiger partial charge on any atom is -0.348 e. The van der Waals surface area contributed by atoms with E-state index in [2.05, 4.69) is 45.3 Å². The van der Waals surface area contributed by atoms with Gasteiger partial charge < -0.3 is 10.2 Å². The van der Waals surface area contributed by atoms with Crippen molar-refractivity contribution in [2.45, 2.75) is 25.9 Å². The van der Waals surface area contributed by atoms with E-state index in [1.165, 1.54) is 5.56 Å². The Morgan fingerprint density at radius 1 is 1.12 bits per heavy atom. The van der Waals surface area contributed by atoms with Crippen molar-refractivity contribution < 1.29 is 4.79 Å². The van der Waals surface area contributed by atoms with Crippen LogP contribution in [-0.2, 0) is 13.0 Å². The van der Waals surface area contributed by atoms with Gasteiger partial charge in [0.05, 0.1) is 5.56 Å². The Morgan fingerprint density at radius 3 is 2.77 bits per heavy atom. The van der Waals surface area contributed by atoms with Crippen LogP contribution in [0.25, 0.3) is 0 Å². The van der Waals surface area contributed by atoms with Gasteiger partial charge in [-0.3, -0.25) is 9.78 Å². The smallest absolute Gasteiger partial charge is 0.255 e. The number of carbonyl (C=O) groups excluding carboxylic acids is 1. The molecule has 0 radical (unpaired) electrons. The van der Waals surface area contributed by atoms with Crippen LogP contribution in [0.2, 0.25) is 0 Å². The molecule has 1 aliphatic heterocycles. The summed E-state index contributed by atoms with van der Waals surface area (Å²) < 4.78 is 0. The van der Waals surface area contributed by atoms with E-state index in [1.807, 2.05) is 24.3 Å². The molecule has 0 aliphatic carbocycles. The molecule has 1 N–H and O–H groups in total. The summed E-state index contributed by atoms with van der Waals surface area (Å²) in [5.41, 5.74) is 4.01. The number of nitrogens with one attached hydrogen (secondary N) is 1. The lowest BCUT2D eigenvalue weighted by Gasteiger charge is -2.25. The molecule has 0 fully saturated rings. The van der Waals surface area contributed by atoms with Crippen LogP contribution in [-0.4, -0.2) is 21.9 Å². The molecule has 2 aromatic heterocycles. The van der Waals surface area contributed by atoms with E-state index >= 15 is 0 Å². The first-order chi connectivity index (χ1) is 12.7. The van der Waals surface area contributed by atoms with Crippen LogP contribution < -0.4 is 10.2 Å². The van der Waals surface area contributed by atoms with Gasteiger partial charge in [-0.1, -0.05) is 18.2 Å². The van der Waals surface area contributed by atoms with Crippen molar-refractivity contribution >= 4 is 17.4 Å². The van der Waals surface area contributed by atoms with Crippen LogP contribution in [0, 0.1) is 0 Å². The summed E-state index contributed by atoms with van der Waals surface area (Å²) in [6.45, 7) is 2.62. The standard InChI is InChI=1S/C21H20N4O/c1-15-13-17-5-2-3-7-19(17)25(15)20-18(6-4-10-23-20)21(26)24-14-16-8-11-22-12-9-16/h2-12,15H,13-14H2,1H3,(H,24,26). The van der Waals surface area contributed by atoms with Gasteiger partial charge in [-0.05, 0) is 54.8 Å². The summed E-state index contributed by atoms with van der Waals surface area (Å²) in [4.78, 5) is 23.5. The first-order valence-corrected chi connectivity index (χ1v) is 8.73. The van der Waals surface area contributed by atoms with E-state index in [-0.39, 0.29) is 11.9 Å². The highest BCUT2D eigenvalue weighted by molar-refractivity contribution is 6.00. The number of para-hydroxylation sites is 1. The lowest BCUT2D eigenvalue weighted by Crippen LogP contribution is -2.30. The van der Waals surface area contributed by atoms with Gasteiger partial charge in [0.1, 0.15) is 5.82 Å². The van der Waals surface area contributed by atoms with Crippen LogP contribution >= 0.6 is 0 Å². The average Bonchev–Trinajstić information content (AvgIpc) is 3.02. The Balaban J connectivity index is 1.62. The molecule has 0 spiro atoms. The number of aromatic nitrogens is 2. The van der Waals surface area contributed by atoms with Crippen LogP contribution in [0.5, 0.6) is 0 Å². The maximum absolute atomic E-state index is 12.8. The summed E-state index contributed by atoms with van der Waals surface area (Å²) in [5.74, 6) is 0.582. The van der Waals surface area contributed by atoms with Crippen molar-refractivity contribution in [1.29, 1.82) is 0 Å². The minimum atomic E-state index is -0.124. The molecule has 130 valence electrons. The number of hydrogen-bond donors (Lipinski definition) is 1. The van der Waals surface area contributed by atoms with Gasteiger partial charge in [-0.2, -0.15) is 0 Å². The van der Waals surface area contributed by atoms with E-state index in [4.69, 9.17) is 0 Å². The van der Waals surface area contributed by atoms with Crippen molar-refractivity contribution in [3.8, 4) is 0 Å². The monoisotopic (exact) mass is 344 g/mol. The Hall–Kier alpha value is -3.21. The Kier molecular flexibility index (Phi) is 4.35. The van der Waals surface area contributed by atoms with E-state index in [9.17, 15) is 4.79 Å². The molecule has 4 rings (SSSR count). The predicted molar refractivity (Wildman–Crippen MR) is 101 cm³/mol. The maximum Gasteiger partial charge on any atom is 0.255 e. The van der Waals surface area contributed by atoms with Crippen molar-refractivity contribution in [2.75, 3.05) is 4.90 Å². The van der Waals surface area contributed by atoms with Crippen molar-refractivity contribution in [2.24, 2.45) is 0 Å². The Labute approximate surface area is 152 Å². The summed E-state index contributed by atoms with van der Waals surface area (Å²) in [7, 11) is 0. The first kappa shape index (κ1) is 16.3. The predicted octanol–water partition coefficient (Wildman–Crippen LogP) is 3.49. The first-order valence-electron chi connectivity index (χ1n) is 8.73. The molecule has 1 atom stereocenters. The topological polar surface area (TPSA) is 58.1 Å². The normalized spacial score (nSPS) is 15.6. The molecule has 0 saturated carbocycles. The molecular weight excluding hydrogens is 324 g/mol. The zero-order chi connectivity index (χ0) is 17.9. The lowest BCUT2D eigenvalue weighted by atomic mass is 10.1. The number of pyridine rings is 2. The molecule has 3 aromatic rings. The summed E-state index contributed by atoms with van der Waals surface area (Å²) >= 11 is 0. The highest BCUT2D eigenvalue weighted by Crippen LogP contribution is 2.38. The number of hydrogen-bond acceptors (Lipinski definition) is 4. The molecule has 0 saturated heterocycles. The largest absolute Gasteiger partial charge is 0.348 e. The SMILES string of the molecule is CC1Cc2ccccc2N1c1ncccc1C(=O)NCc1ccncc1.